The van der Waals surface area contributed by atoms with Crippen LogP contribution in [0.4, 0.5) is 0 Å². The summed E-state index contributed by atoms with van der Waals surface area (Å²) in [5, 5.41) is 4.71. The fraction of sp³-hybridized carbons (Fsp3) is 0.550. The highest BCUT2D eigenvalue weighted by Gasteiger charge is 2.24. The molecule has 0 atom stereocenters. The quantitative estimate of drug-likeness (QED) is 0.841. The smallest absolute Gasteiger partial charge is 0.253 e. The van der Waals surface area contributed by atoms with Crippen molar-refractivity contribution in [1.82, 2.24) is 18.5 Å². The zero-order chi connectivity index (χ0) is 18.3. The lowest BCUT2D eigenvalue weighted by molar-refractivity contribution is 0.0697. The van der Waals surface area contributed by atoms with Gasteiger partial charge in [-0.1, -0.05) is 6.92 Å². The molecule has 140 valence electrons. The van der Waals surface area contributed by atoms with Crippen LogP contribution in [0.25, 0.3) is 10.9 Å². The monoisotopic (exact) mass is 372 g/mol. The van der Waals surface area contributed by atoms with Gasteiger partial charge in [0, 0.05) is 61.4 Å². The van der Waals surface area contributed by atoms with Gasteiger partial charge in [0.15, 0.2) is 0 Å². The van der Waals surface area contributed by atoms with Crippen molar-refractivity contribution in [2.24, 2.45) is 5.92 Å². The molecule has 1 aromatic heterocycles. The highest BCUT2D eigenvalue weighted by Crippen LogP contribution is 2.33. The molecule has 6 heteroatoms. The van der Waals surface area contributed by atoms with E-state index in [2.05, 4.69) is 46.7 Å². The van der Waals surface area contributed by atoms with Gasteiger partial charge in [-0.2, -0.15) is 0 Å². The number of amides is 1. The SMILES string of the molecule is CC1CCN(C(=O)c2ccc3c(c2)c2c(n3SN(C)C)CCNC2)CC1. The molecular weight excluding hydrogens is 344 g/mol. The summed E-state index contributed by atoms with van der Waals surface area (Å²) in [5.41, 5.74) is 4.77. The van der Waals surface area contributed by atoms with Gasteiger partial charge in [-0.05, 0) is 56.6 Å². The van der Waals surface area contributed by atoms with Gasteiger partial charge in [0.05, 0.1) is 5.52 Å². The molecule has 3 heterocycles. The molecule has 2 aliphatic heterocycles. The number of rotatable bonds is 3. The van der Waals surface area contributed by atoms with Crippen LogP contribution in [-0.2, 0) is 13.0 Å². The Kier molecular flexibility index (Phi) is 4.99. The molecule has 2 aliphatic rings. The average Bonchev–Trinajstić information content (AvgIpc) is 2.95. The molecule has 0 aliphatic carbocycles. The van der Waals surface area contributed by atoms with Crippen LogP contribution in [-0.4, -0.2) is 52.8 Å². The molecule has 26 heavy (non-hydrogen) atoms. The van der Waals surface area contributed by atoms with E-state index < -0.39 is 0 Å². The summed E-state index contributed by atoms with van der Waals surface area (Å²) in [6, 6.07) is 6.26. The van der Waals surface area contributed by atoms with Crippen molar-refractivity contribution >= 4 is 28.9 Å². The fourth-order valence-electron chi connectivity index (χ4n) is 4.03. The zero-order valence-corrected chi connectivity index (χ0v) is 16.7. The minimum atomic E-state index is 0.185. The minimum absolute atomic E-state index is 0.185. The van der Waals surface area contributed by atoms with Crippen molar-refractivity contribution in [3.05, 3.63) is 35.0 Å². The largest absolute Gasteiger partial charge is 0.339 e. The standard InChI is InChI=1S/C20H28N4OS/c1-14-7-10-23(11-8-14)20(25)15-4-5-18-16(12-15)17-13-21-9-6-19(17)24(18)26-22(2)3/h4-5,12,14,21H,6-11,13H2,1-3H3. The molecule has 0 unspecified atom stereocenters. The number of benzene rings is 1. The summed E-state index contributed by atoms with van der Waals surface area (Å²) in [6.45, 7) is 5.93. The average molecular weight is 373 g/mol. The Hall–Kier alpha value is -1.50. The first-order valence-electron chi connectivity index (χ1n) is 9.56. The molecule has 1 amide bonds. The minimum Gasteiger partial charge on any atom is -0.339 e. The van der Waals surface area contributed by atoms with Gasteiger partial charge in [-0.15, -0.1) is 0 Å². The van der Waals surface area contributed by atoms with Crippen LogP contribution in [0.15, 0.2) is 18.2 Å². The van der Waals surface area contributed by atoms with E-state index in [9.17, 15) is 4.79 Å². The van der Waals surface area contributed by atoms with Gasteiger partial charge in [-0.25, -0.2) is 4.31 Å². The number of aromatic nitrogens is 1. The summed E-state index contributed by atoms with van der Waals surface area (Å²) in [4.78, 5) is 15.0. The number of carbonyl (C=O) groups excluding carboxylic acids is 1. The van der Waals surface area contributed by atoms with Crippen LogP contribution < -0.4 is 5.32 Å². The number of carbonyl (C=O) groups is 1. The number of likely N-dealkylation sites (tertiary alicyclic amines) is 1. The first-order valence-corrected chi connectivity index (χ1v) is 10.3. The Bertz CT molecular complexity index is 821. The van der Waals surface area contributed by atoms with Gasteiger partial charge in [0.25, 0.3) is 5.91 Å². The predicted molar refractivity (Wildman–Crippen MR) is 108 cm³/mol. The number of hydrogen-bond acceptors (Lipinski definition) is 4. The Labute approximate surface area is 160 Å². The molecule has 0 spiro atoms. The third kappa shape index (κ3) is 3.26. The molecule has 1 N–H and O–H groups in total. The lowest BCUT2D eigenvalue weighted by Crippen LogP contribution is -2.37. The second-order valence-electron chi connectivity index (χ2n) is 7.75. The lowest BCUT2D eigenvalue weighted by atomic mass is 9.98. The molecule has 2 aromatic rings. The van der Waals surface area contributed by atoms with E-state index in [1.807, 2.05) is 11.0 Å². The van der Waals surface area contributed by atoms with Crippen molar-refractivity contribution in [2.45, 2.75) is 32.7 Å². The van der Waals surface area contributed by atoms with Gasteiger partial charge < -0.3 is 10.2 Å². The van der Waals surface area contributed by atoms with Crippen molar-refractivity contribution < 1.29 is 4.79 Å². The van der Waals surface area contributed by atoms with E-state index in [4.69, 9.17) is 0 Å². The topological polar surface area (TPSA) is 40.5 Å². The number of fused-ring (bicyclic) bond motifs is 3. The van der Waals surface area contributed by atoms with E-state index in [-0.39, 0.29) is 5.91 Å². The molecule has 1 fully saturated rings. The van der Waals surface area contributed by atoms with Crippen LogP contribution in [0.3, 0.4) is 0 Å². The summed E-state index contributed by atoms with van der Waals surface area (Å²) in [7, 11) is 4.14. The second kappa shape index (κ2) is 7.25. The zero-order valence-electron chi connectivity index (χ0n) is 15.9. The Balaban J connectivity index is 1.72. The highest BCUT2D eigenvalue weighted by atomic mass is 32.2. The van der Waals surface area contributed by atoms with Crippen LogP contribution in [0.1, 0.15) is 41.4 Å². The fourth-order valence-corrected chi connectivity index (χ4v) is 4.91. The van der Waals surface area contributed by atoms with Gasteiger partial charge in [0.1, 0.15) is 0 Å². The van der Waals surface area contributed by atoms with Crippen LogP contribution in [0.2, 0.25) is 0 Å². The molecular formula is C20H28N4OS. The normalized spacial score (nSPS) is 18.5. The van der Waals surface area contributed by atoms with Crippen LogP contribution in [0, 0.1) is 5.92 Å². The van der Waals surface area contributed by atoms with E-state index >= 15 is 0 Å². The maximum atomic E-state index is 13.0. The van der Waals surface area contributed by atoms with Gasteiger partial charge >= 0.3 is 0 Å². The molecule has 4 rings (SSSR count). The second-order valence-corrected chi connectivity index (χ2v) is 9.01. The summed E-state index contributed by atoms with van der Waals surface area (Å²) >= 11 is 1.72. The number of piperidine rings is 1. The Morgan fingerprint density at radius 3 is 2.77 bits per heavy atom. The van der Waals surface area contributed by atoms with Crippen molar-refractivity contribution in [2.75, 3.05) is 33.7 Å². The van der Waals surface area contributed by atoms with E-state index in [0.717, 1.165) is 56.9 Å². The first kappa shape index (κ1) is 17.9. The summed E-state index contributed by atoms with van der Waals surface area (Å²) < 4.78 is 4.46. The van der Waals surface area contributed by atoms with Gasteiger partial charge in [-0.3, -0.25) is 8.77 Å². The third-order valence-corrected chi connectivity index (χ3v) is 6.44. The third-order valence-electron chi connectivity index (χ3n) is 5.54. The van der Waals surface area contributed by atoms with Gasteiger partial charge in [0.2, 0.25) is 0 Å². The van der Waals surface area contributed by atoms with E-state index in [1.165, 1.54) is 22.2 Å². The highest BCUT2D eigenvalue weighted by molar-refractivity contribution is 7.95. The predicted octanol–water partition coefficient (Wildman–Crippen LogP) is 3.13. The molecule has 0 saturated carbocycles. The summed E-state index contributed by atoms with van der Waals surface area (Å²) in [5.74, 6) is 0.918. The van der Waals surface area contributed by atoms with Crippen LogP contribution >= 0.6 is 12.1 Å². The number of hydrogen-bond donors (Lipinski definition) is 1. The maximum absolute atomic E-state index is 13.0. The Morgan fingerprint density at radius 2 is 2.04 bits per heavy atom. The van der Waals surface area contributed by atoms with E-state index in [0.29, 0.717) is 0 Å². The number of nitrogens with one attached hydrogen (secondary N) is 1. The van der Waals surface area contributed by atoms with Crippen molar-refractivity contribution in [3.8, 4) is 0 Å². The van der Waals surface area contributed by atoms with Crippen LogP contribution in [0.5, 0.6) is 0 Å². The van der Waals surface area contributed by atoms with Crippen molar-refractivity contribution in [1.29, 1.82) is 0 Å². The molecule has 5 nitrogen and oxygen atoms in total. The maximum Gasteiger partial charge on any atom is 0.253 e. The van der Waals surface area contributed by atoms with Crippen molar-refractivity contribution in [3.63, 3.8) is 0 Å². The first-order chi connectivity index (χ1) is 12.5. The molecule has 0 bridgehead atoms. The van der Waals surface area contributed by atoms with E-state index in [1.54, 1.807) is 12.1 Å². The molecule has 0 radical (unpaired) electrons. The Morgan fingerprint density at radius 1 is 1.27 bits per heavy atom. The number of nitrogens with zero attached hydrogens (tertiary/aromatic N) is 3. The molecule has 1 aromatic carbocycles. The summed E-state index contributed by atoms with van der Waals surface area (Å²) in [6.07, 6.45) is 3.25. The lowest BCUT2D eigenvalue weighted by Gasteiger charge is -2.30. The molecule has 1 saturated heterocycles.